The highest BCUT2D eigenvalue weighted by Gasteiger charge is 2.40. The van der Waals surface area contributed by atoms with Gasteiger partial charge < -0.3 is 15.2 Å². The molecule has 9 heteroatoms. The fraction of sp³-hybridized carbons (Fsp3) is 0.444. The molecule has 0 radical (unpaired) electrons. The highest BCUT2D eigenvalue weighted by atomic mass is 32.2. The Morgan fingerprint density at radius 2 is 1.81 bits per heavy atom. The first-order valence-electron chi connectivity index (χ1n) is 8.64. The molecular weight excluding hydrogens is 372 g/mol. The number of nitrogens with zero attached hydrogens (tertiary/aromatic N) is 1. The first kappa shape index (κ1) is 20.9. The number of carbonyl (C=O) groups excluding carboxylic acids is 4. The van der Waals surface area contributed by atoms with E-state index < -0.39 is 23.2 Å². The average molecular weight is 395 g/mol. The predicted molar refractivity (Wildman–Crippen MR) is 99.1 cm³/mol. The van der Waals surface area contributed by atoms with Crippen LogP contribution in [0.1, 0.15) is 30.6 Å². The van der Waals surface area contributed by atoms with Crippen LogP contribution in [0, 0.1) is 0 Å². The van der Waals surface area contributed by atoms with Crippen LogP contribution in [0.25, 0.3) is 0 Å². The molecule has 2 rings (SSSR count). The lowest BCUT2D eigenvalue weighted by Gasteiger charge is -2.15. The van der Waals surface area contributed by atoms with Crippen molar-refractivity contribution in [3.05, 3.63) is 29.8 Å². The van der Waals surface area contributed by atoms with Gasteiger partial charge in [-0.3, -0.25) is 9.59 Å². The molecule has 0 bridgehead atoms. The molecule has 3 N–H and O–H groups in total. The predicted octanol–water partition coefficient (Wildman–Crippen LogP) is 0.402. The summed E-state index contributed by atoms with van der Waals surface area (Å²) < 4.78 is 9.80. The van der Waals surface area contributed by atoms with Crippen molar-refractivity contribution in [2.75, 3.05) is 23.9 Å². The van der Waals surface area contributed by atoms with Gasteiger partial charge in [0.1, 0.15) is 0 Å². The summed E-state index contributed by atoms with van der Waals surface area (Å²) in [7, 11) is 0. The van der Waals surface area contributed by atoms with Gasteiger partial charge in [0, 0.05) is 6.42 Å². The Kier molecular flexibility index (Phi) is 7.37. The smallest absolute Gasteiger partial charge is 0.365 e. The molecule has 0 unspecified atom stereocenters. The minimum Gasteiger partial charge on any atom is -0.462 e. The van der Waals surface area contributed by atoms with Crippen molar-refractivity contribution in [2.24, 2.45) is 0 Å². The Labute approximate surface area is 161 Å². The van der Waals surface area contributed by atoms with Gasteiger partial charge >= 0.3 is 11.9 Å². The lowest BCUT2D eigenvalue weighted by atomic mass is 10.2. The molecule has 1 aliphatic rings. The van der Waals surface area contributed by atoms with Gasteiger partial charge in [0.05, 0.1) is 35.5 Å². The minimum absolute atomic E-state index is 0.0542. The highest BCUT2D eigenvalue weighted by molar-refractivity contribution is 8.00. The number of esters is 2. The molecule has 0 spiro atoms. The fourth-order valence-corrected chi connectivity index (χ4v) is 3.64. The van der Waals surface area contributed by atoms with Crippen LogP contribution >= 0.6 is 11.8 Å². The molecule has 1 fully saturated rings. The van der Waals surface area contributed by atoms with Crippen LogP contribution in [0.2, 0.25) is 0 Å². The highest BCUT2D eigenvalue weighted by Crippen LogP contribution is 2.30. The summed E-state index contributed by atoms with van der Waals surface area (Å²) in [4.78, 5) is 49.3. The number of imide groups is 1. The third-order valence-corrected chi connectivity index (χ3v) is 5.23. The molecule has 1 saturated heterocycles. The largest absolute Gasteiger partial charge is 0.462 e. The van der Waals surface area contributed by atoms with Gasteiger partial charge in [-0.2, -0.15) is 0 Å². The maximum absolute atomic E-state index is 12.6. The van der Waals surface area contributed by atoms with E-state index in [1.165, 1.54) is 36.0 Å². The Hall–Kier alpha value is -2.39. The van der Waals surface area contributed by atoms with Gasteiger partial charge in [-0.15, -0.1) is 11.8 Å². The monoisotopic (exact) mass is 395 g/mol. The Morgan fingerprint density at radius 3 is 2.41 bits per heavy atom. The number of benzene rings is 1. The van der Waals surface area contributed by atoms with Crippen molar-refractivity contribution in [2.45, 2.75) is 31.6 Å². The van der Waals surface area contributed by atoms with Crippen molar-refractivity contribution in [3.8, 4) is 0 Å². The summed E-state index contributed by atoms with van der Waals surface area (Å²) in [5.41, 5.74) is 4.48. The SMILES string of the molecule is CCOC(=O)c1ccc(N2C(=O)C[C@@H](SC[C@H]([NH3+])C(=O)OCC)C2=O)cc1. The second-order valence-corrected chi connectivity index (χ2v) is 7.05. The van der Waals surface area contributed by atoms with Gasteiger partial charge in [-0.05, 0) is 38.1 Å². The molecule has 2 atom stereocenters. The van der Waals surface area contributed by atoms with Gasteiger partial charge in [-0.1, -0.05) is 0 Å². The first-order chi connectivity index (χ1) is 12.9. The van der Waals surface area contributed by atoms with Crippen molar-refractivity contribution < 1.29 is 34.4 Å². The van der Waals surface area contributed by atoms with E-state index in [1.54, 1.807) is 13.8 Å². The fourth-order valence-electron chi connectivity index (χ4n) is 2.53. The molecule has 1 aromatic carbocycles. The van der Waals surface area contributed by atoms with E-state index in [0.717, 1.165) is 4.90 Å². The zero-order valence-corrected chi connectivity index (χ0v) is 16.1. The van der Waals surface area contributed by atoms with Gasteiger partial charge in [-0.25, -0.2) is 14.5 Å². The molecule has 146 valence electrons. The minimum atomic E-state index is -0.601. The molecule has 2 amide bonds. The summed E-state index contributed by atoms with van der Waals surface area (Å²) in [5, 5.41) is -0.569. The second kappa shape index (κ2) is 9.52. The number of carbonyl (C=O) groups is 4. The molecule has 1 aliphatic heterocycles. The Bertz CT molecular complexity index is 721. The van der Waals surface area contributed by atoms with E-state index in [0.29, 0.717) is 11.3 Å². The molecule has 0 saturated carbocycles. The van der Waals surface area contributed by atoms with Crippen LogP contribution in [0.3, 0.4) is 0 Å². The van der Waals surface area contributed by atoms with Crippen LogP contribution in [0.4, 0.5) is 5.69 Å². The number of hydrogen-bond donors (Lipinski definition) is 1. The van der Waals surface area contributed by atoms with Crippen LogP contribution in [0.5, 0.6) is 0 Å². The van der Waals surface area contributed by atoms with E-state index in [9.17, 15) is 19.2 Å². The third-order valence-electron chi connectivity index (χ3n) is 3.86. The lowest BCUT2D eigenvalue weighted by Crippen LogP contribution is -2.66. The van der Waals surface area contributed by atoms with Gasteiger partial charge in [0.2, 0.25) is 11.8 Å². The van der Waals surface area contributed by atoms with E-state index in [-0.39, 0.29) is 37.2 Å². The number of hydrogen-bond acceptors (Lipinski definition) is 7. The van der Waals surface area contributed by atoms with E-state index >= 15 is 0 Å². The molecule has 8 nitrogen and oxygen atoms in total. The molecular formula is C18H23N2O6S+. The zero-order valence-electron chi connectivity index (χ0n) is 15.3. The molecule has 0 aromatic heterocycles. The lowest BCUT2D eigenvalue weighted by molar-refractivity contribution is -0.401. The van der Waals surface area contributed by atoms with Crippen molar-refractivity contribution >= 4 is 41.2 Å². The van der Waals surface area contributed by atoms with Gasteiger partial charge in [0.25, 0.3) is 0 Å². The Morgan fingerprint density at radius 1 is 1.19 bits per heavy atom. The van der Waals surface area contributed by atoms with Crippen molar-refractivity contribution in [1.82, 2.24) is 0 Å². The van der Waals surface area contributed by atoms with Gasteiger partial charge in [0.15, 0.2) is 6.04 Å². The third kappa shape index (κ3) is 5.08. The van der Waals surface area contributed by atoms with E-state index in [4.69, 9.17) is 9.47 Å². The normalized spacial score (nSPS) is 17.7. The van der Waals surface area contributed by atoms with E-state index in [1.807, 2.05) is 0 Å². The van der Waals surface area contributed by atoms with Crippen LogP contribution < -0.4 is 10.6 Å². The maximum Gasteiger partial charge on any atom is 0.365 e. The first-order valence-corrected chi connectivity index (χ1v) is 9.69. The zero-order chi connectivity index (χ0) is 20.0. The molecule has 0 aliphatic carbocycles. The van der Waals surface area contributed by atoms with Crippen LogP contribution in [-0.2, 0) is 23.9 Å². The standard InChI is InChI=1S/C18H22N2O6S/c1-3-25-17(23)11-5-7-12(8-6-11)20-15(21)9-14(16(20)22)27-10-13(19)18(24)26-4-2/h5-8,13-14H,3-4,9-10,19H2,1-2H3/p+1/t13-,14+/m0/s1. The summed E-state index contributed by atoms with van der Waals surface area (Å²) in [6, 6.07) is 5.51. The van der Waals surface area contributed by atoms with Crippen molar-refractivity contribution in [3.63, 3.8) is 0 Å². The number of ether oxygens (including phenoxy) is 2. The summed E-state index contributed by atoms with van der Waals surface area (Å²) >= 11 is 1.22. The van der Waals surface area contributed by atoms with Crippen molar-refractivity contribution in [1.29, 1.82) is 0 Å². The number of thioether (sulfide) groups is 1. The quantitative estimate of drug-likeness (QED) is 0.500. The number of amides is 2. The summed E-state index contributed by atoms with van der Waals surface area (Å²) in [5.74, 6) is -1.26. The molecule has 1 heterocycles. The molecule has 27 heavy (non-hydrogen) atoms. The summed E-state index contributed by atoms with van der Waals surface area (Å²) in [6.45, 7) is 3.96. The average Bonchev–Trinajstić information content (AvgIpc) is 2.93. The topological polar surface area (TPSA) is 118 Å². The summed E-state index contributed by atoms with van der Waals surface area (Å²) in [6.07, 6.45) is 0.0542. The number of rotatable bonds is 8. The van der Waals surface area contributed by atoms with Crippen LogP contribution in [-0.4, -0.2) is 54.0 Å². The second-order valence-electron chi connectivity index (χ2n) is 5.81. The number of anilines is 1. The van der Waals surface area contributed by atoms with E-state index in [2.05, 4.69) is 5.73 Å². The maximum atomic E-state index is 12.6. The molecule has 1 aromatic rings. The van der Waals surface area contributed by atoms with Crippen LogP contribution in [0.15, 0.2) is 24.3 Å². The number of quaternary nitrogens is 1. The Balaban J connectivity index is 2.01.